The lowest BCUT2D eigenvalue weighted by molar-refractivity contribution is 0.0926. The first-order valence-corrected chi connectivity index (χ1v) is 7.82. The van der Waals surface area contributed by atoms with Crippen molar-refractivity contribution in [2.45, 2.75) is 42.9 Å². The van der Waals surface area contributed by atoms with E-state index in [0.29, 0.717) is 11.3 Å². The lowest BCUT2D eigenvalue weighted by Gasteiger charge is -2.24. The minimum atomic E-state index is 0.0654. The number of amides is 1. The molecule has 0 aliphatic carbocycles. The van der Waals surface area contributed by atoms with E-state index in [2.05, 4.69) is 24.5 Å². The minimum Gasteiger partial charge on any atom is -0.349 e. The van der Waals surface area contributed by atoms with Gasteiger partial charge in [-0.25, -0.2) is 0 Å². The van der Waals surface area contributed by atoms with Gasteiger partial charge in [-0.2, -0.15) is 0 Å². The topological polar surface area (TPSA) is 41.1 Å². The highest BCUT2D eigenvalue weighted by atomic mass is 32.2. The lowest BCUT2D eigenvalue weighted by Crippen LogP contribution is -2.42. The van der Waals surface area contributed by atoms with Crippen LogP contribution < -0.4 is 10.6 Å². The van der Waals surface area contributed by atoms with Crippen molar-refractivity contribution < 1.29 is 4.79 Å². The second-order valence-electron chi connectivity index (χ2n) is 5.16. The Morgan fingerprint density at radius 1 is 1.32 bits per heavy atom. The Kier molecular flexibility index (Phi) is 5.28. The van der Waals surface area contributed by atoms with Gasteiger partial charge in [-0.1, -0.05) is 26.0 Å². The maximum Gasteiger partial charge on any atom is 0.252 e. The summed E-state index contributed by atoms with van der Waals surface area (Å²) in [5, 5.41) is 6.95. The molecule has 0 saturated carbocycles. The SMILES string of the molecule is CC(C)Sc1ccccc1C(=O)NC1CCNCC1. The summed E-state index contributed by atoms with van der Waals surface area (Å²) >= 11 is 1.74. The van der Waals surface area contributed by atoms with E-state index in [0.717, 1.165) is 36.4 Å². The summed E-state index contributed by atoms with van der Waals surface area (Å²) in [5.74, 6) is 0.0654. The van der Waals surface area contributed by atoms with Crippen LogP contribution in [0.1, 0.15) is 37.0 Å². The number of hydrogen-bond donors (Lipinski definition) is 2. The van der Waals surface area contributed by atoms with Crippen molar-refractivity contribution in [1.29, 1.82) is 0 Å². The van der Waals surface area contributed by atoms with Gasteiger partial charge in [0, 0.05) is 16.2 Å². The maximum atomic E-state index is 12.4. The molecule has 0 unspecified atom stereocenters. The third-order valence-corrected chi connectivity index (χ3v) is 4.25. The number of hydrogen-bond acceptors (Lipinski definition) is 3. The summed E-state index contributed by atoms with van der Waals surface area (Å²) in [6.45, 7) is 6.28. The van der Waals surface area contributed by atoms with Crippen molar-refractivity contribution in [1.82, 2.24) is 10.6 Å². The van der Waals surface area contributed by atoms with Crippen LogP contribution in [0.15, 0.2) is 29.2 Å². The van der Waals surface area contributed by atoms with Gasteiger partial charge in [-0.05, 0) is 38.1 Å². The molecule has 0 radical (unpaired) electrons. The van der Waals surface area contributed by atoms with E-state index in [-0.39, 0.29) is 5.91 Å². The Labute approximate surface area is 119 Å². The Balaban J connectivity index is 2.05. The fourth-order valence-electron chi connectivity index (χ4n) is 2.24. The molecule has 1 aromatic rings. The summed E-state index contributed by atoms with van der Waals surface area (Å²) in [7, 11) is 0. The molecule has 1 fully saturated rings. The number of thioether (sulfide) groups is 1. The Morgan fingerprint density at radius 3 is 2.68 bits per heavy atom. The Morgan fingerprint density at radius 2 is 2.00 bits per heavy atom. The molecule has 1 saturated heterocycles. The molecule has 2 rings (SSSR count). The van der Waals surface area contributed by atoms with Crippen molar-refractivity contribution in [3.63, 3.8) is 0 Å². The molecule has 1 amide bonds. The molecule has 1 aromatic carbocycles. The molecule has 104 valence electrons. The van der Waals surface area contributed by atoms with E-state index in [1.165, 1.54) is 0 Å². The molecule has 2 N–H and O–H groups in total. The number of piperidine rings is 1. The van der Waals surface area contributed by atoms with Crippen molar-refractivity contribution in [2.75, 3.05) is 13.1 Å². The first-order valence-electron chi connectivity index (χ1n) is 6.94. The van der Waals surface area contributed by atoms with Crippen LogP contribution in [-0.2, 0) is 0 Å². The van der Waals surface area contributed by atoms with Crippen LogP contribution in [0.3, 0.4) is 0 Å². The van der Waals surface area contributed by atoms with Crippen molar-refractivity contribution in [2.24, 2.45) is 0 Å². The van der Waals surface area contributed by atoms with E-state index in [9.17, 15) is 4.79 Å². The van der Waals surface area contributed by atoms with E-state index in [1.807, 2.05) is 24.3 Å². The minimum absolute atomic E-state index is 0.0654. The molecule has 0 spiro atoms. The van der Waals surface area contributed by atoms with Crippen LogP contribution in [0.4, 0.5) is 0 Å². The summed E-state index contributed by atoms with van der Waals surface area (Å²) in [4.78, 5) is 13.4. The third-order valence-electron chi connectivity index (χ3n) is 3.17. The molecule has 4 heteroatoms. The third kappa shape index (κ3) is 4.25. The molecule has 0 aromatic heterocycles. The zero-order chi connectivity index (χ0) is 13.7. The fourth-order valence-corrected chi connectivity index (χ4v) is 3.19. The van der Waals surface area contributed by atoms with Gasteiger partial charge in [0.1, 0.15) is 0 Å². The van der Waals surface area contributed by atoms with E-state index < -0.39 is 0 Å². The summed E-state index contributed by atoms with van der Waals surface area (Å²) in [6, 6.07) is 8.18. The molecule has 1 heterocycles. The Bertz CT molecular complexity index is 428. The normalized spacial score (nSPS) is 16.6. The zero-order valence-electron chi connectivity index (χ0n) is 11.6. The van der Waals surface area contributed by atoms with E-state index in [4.69, 9.17) is 0 Å². The average Bonchev–Trinajstić information content (AvgIpc) is 2.39. The van der Waals surface area contributed by atoms with Gasteiger partial charge in [0.05, 0.1) is 5.56 Å². The molecular formula is C15H22N2OS. The van der Waals surface area contributed by atoms with Gasteiger partial charge in [-0.15, -0.1) is 11.8 Å². The standard InChI is InChI=1S/C15H22N2OS/c1-11(2)19-14-6-4-3-5-13(14)15(18)17-12-7-9-16-10-8-12/h3-6,11-12,16H,7-10H2,1-2H3,(H,17,18). The molecule has 19 heavy (non-hydrogen) atoms. The summed E-state index contributed by atoms with van der Waals surface area (Å²) in [6.07, 6.45) is 2.04. The number of rotatable bonds is 4. The second kappa shape index (κ2) is 6.96. The van der Waals surface area contributed by atoms with Crippen LogP contribution in [0, 0.1) is 0 Å². The van der Waals surface area contributed by atoms with E-state index >= 15 is 0 Å². The van der Waals surface area contributed by atoms with Gasteiger partial charge >= 0.3 is 0 Å². The highest BCUT2D eigenvalue weighted by Gasteiger charge is 2.18. The first-order chi connectivity index (χ1) is 9.16. The number of nitrogens with one attached hydrogen (secondary N) is 2. The maximum absolute atomic E-state index is 12.4. The van der Waals surface area contributed by atoms with Crippen LogP contribution in [0.25, 0.3) is 0 Å². The van der Waals surface area contributed by atoms with Crippen LogP contribution >= 0.6 is 11.8 Å². The number of carbonyl (C=O) groups is 1. The van der Waals surface area contributed by atoms with Crippen LogP contribution in [-0.4, -0.2) is 30.3 Å². The number of carbonyl (C=O) groups excluding carboxylic acids is 1. The quantitative estimate of drug-likeness (QED) is 0.832. The predicted octanol–water partition coefficient (Wildman–Crippen LogP) is 2.67. The second-order valence-corrected chi connectivity index (χ2v) is 6.78. The first kappa shape index (κ1) is 14.4. The zero-order valence-corrected chi connectivity index (χ0v) is 12.4. The Hall–Kier alpha value is -1.00. The smallest absolute Gasteiger partial charge is 0.252 e. The monoisotopic (exact) mass is 278 g/mol. The lowest BCUT2D eigenvalue weighted by atomic mass is 10.1. The highest BCUT2D eigenvalue weighted by Crippen LogP contribution is 2.26. The van der Waals surface area contributed by atoms with Gasteiger partial charge in [0.25, 0.3) is 5.91 Å². The van der Waals surface area contributed by atoms with Crippen LogP contribution in [0.5, 0.6) is 0 Å². The largest absolute Gasteiger partial charge is 0.349 e. The summed E-state index contributed by atoms with van der Waals surface area (Å²) in [5.41, 5.74) is 0.805. The van der Waals surface area contributed by atoms with Crippen molar-refractivity contribution in [3.05, 3.63) is 29.8 Å². The molecule has 0 bridgehead atoms. The van der Waals surface area contributed by atoms with Crippen LogP contribution in [0.2, 0.25) is 0 Å². The molecule has 0 atom stereocenters. The molecule has 1 aliphatic rings. The van der Waals surface area contributed by atoms with E-state index in [1.54, 1.807) is 11.8 Å². The fraction of sp³-hybridized carbons (Fsp3) is 0.533. The van der Waals surface area contributed by atoms with Crippen molar-refractivity contribution >= 4 is 17.7 Å². The average molecular weight is 278 g/mol. The predicted molar refractivity (Wildman–Crippen MR) is 80.8 cm³/mol. The van der Waals surface area contributed by atoms with Crippen molar-refractivity contribution in [3.8, 4) is 0 Å². The summed E-state index contributed by atoms with van der Waals surface area (Å²) < 4.78 is 0. The molecular weight excluding hydrogens is 256 g/mol. The highest BCUT2D eigenvalue weighted by molar-refractivity contribution is 8.00. The van der Waals surface area contributed by atoms with Gasteiger partial charge in [0.2, 0.25) is 0 Å². The van der Waals surface area contributed by atoms with Gasteiger partial charge < -0.3 is 10.6 Å². The van der Waals surface area contributed by atoms with Gasteiger partial charge in [-0.3, -0.25) is 4.79 Å². The molecule has 1 aliphatic heterocycles. The number of benzene rings is 1. The van der Waals surface area contributed by atoms with Gasteiger partial charge in [0.15, 0.2) is 0 Å². The molecule has 3 nitrogen and oxygen atoms in total.